The van der Waals surface area contributed by atoms with Gasteiger partial charge >= 0.3 is 0 Å². The van der Waals surface area contributed by atoms with Crippen LogP contribution < -0.4 is 0 Å². The molecule has 4 rings (SSSR count). The quantitative estimate of drug-likeness (QED) is 0.622. The first-order chi connectivity index (χ1) is 9.72. The molecule has 3 aromatic rings. The van der Waals surface area contributed by atoms with E-state index in [9.17, 15) is 0 Å². The number of hydrogen-bond acceptors (Lipinski definition) is 2. The summed E-state index contributed by atoms with van der Waals surface area (Å²) in [6.07, 6.45) is 0.864. The summed E-state index contributed by atoms with van der Waals surface area (Å²) in [6.45, 7) is 4.26. The Hall–Kier alpha value is -2.35. The van der Waals surface area contributed by atoms with Crippen LogP contribution in [0.25, 0.3) is 11.0 Å². The average Bonchev–Trinajstić information content (AvgIpc) is 3.06. The van der Waals surface area contributed by atoms with Crippen molar-refractivity contribution in [2.75, 3.05) is 0 Å². The molecule has 20 heavy (non-hydrogen) atoms. The zero-order chi connectivity index (χ0) is 13.7. The normalized spacial score (nSPS) is 13.6. The van der Waals surface area contributed by atoms with Gasteiger partial charge in [-0.15, -0.1) is 0 Å². The maximum absolute atomic E-state index is 5.93. The molecule has 0 atom stereocenters. The van der Waals surface area contributed by atoms with E-state index in [0.717, 1.165) is 34.5 Å². The van der Waals surface area contributed by atoms with Crippen LogP contribution in [0.2, 0.25) is 0 Å². The van der Waals surface area contributed by atoms with Crippen molar-refractivity contribution in [2.24, 2.45) is 4.99 Å². The number of hydrogen-bond donors (Lipinski definition) is 0. The third-order valence-corrected chi connectivity index (χ3v) is 4.02. The second kappa shape index (κ2) is 4.07. The predicted octanol–water partition coefficient (Wildman–Crippen LogP) is 4.73. The van der Waals surface area contributed by atoms with Gasteiger partial charge in [0.15, 0.2) is 0 Å². The highest BCUT2D eigenvalue weighted by Gasteiger charge is 2.21. The molecule has 2 aromatic carbocycles. The lowest BCUT2D eigenvalue weighted by Crippen LogP contribution is -1.99. The number of aryl methyl sites for hydroxylation is 2. The van der Waals surface area contributed by atoms with Crippen LogP contribution in [0.4, 0.5) is 5.69 Å². The molecule has 2 heterocycles. The van der Waals surface area contributed by atoms with E-state index in [1.807, 2.05) is 18.2 Å². The minimum atomic E-state index is 0.864. The zero-order valence-corrected chi connectivity index (χ0v) is 11.6. The molecular weight excluding hydrogens is 246 g/mol. The number of para-hydroxylation sites is 1. The van der Waals surface area contributed by atoms with Crippen molar-refractivity contribution in [3.05, 3.63) is 64.9 Å². The van der Waals surface area contributed by atoms with Gasteiger partial charge in [0.05, 0.1) is 11.4 Å². The molecule has 0 aliphatic carbocycles. The lowest BCUT2D eigenvalue weighted by molar-refractivity contribution is 0.604. The molecule has 2 heteroatoms. The molecule has 98 valence electrons. The summed E-state index contributed by atoms with van der Waals surface area (Å²) in [5, 5.41) is 1.13. The van der Waals surface area contributed by atoms with E-state index in [1.165, 1.54) is 16.7 Å². The number of rotatable bonds is 1. The van der Waals surface area contributed by atoms with E-state index in [1.54, 1.807) is 0 Å². The van der Waals surface area contributed by atoms with Crippen molar-refractivity contribution in [1.29, 1.82) is 0 Å². The highest BCUT2D eigenvalue weighted by atomic mass is 16.3. The second-order valence-corrected chi connectivity index (χ2v) is 5.41. The third kappa shape index (κ3) is 1.61. The molecule has 0 N–H and O–H groups in total. The van der Waals surface area contributed by atoms with Gasteiger partial charge in [0.1, 0.15) is 11.3 Å². The van der Waals surface area contributed by atoms with Gasteiger partial charge < -0.3 is 4.42 Å². The van der Waals surface area contributed by atoms with E-state index in [0.29, 0.717) is 0 Å². The SMILES string of the molecule is Cc1ccc(C)c2c1CC(c1cc3ccccc3o1)=N2. The fourth-order valence-corrected chi connectivity index (χ4v) is 2.84. The van der Waals surface area contributed by atoms with Crippen molar-refractivity contribution in [3.63, 3.8) is 0 Å². The maximum atomic E-state index is 5.93. The molecular formula is C18H15NO. The summed E-state index contributed by atoms with van der Waals surface area (Å²) in [5.41, 5.74) is 6.96. The first-order valence-electron chi connectivity index (χ1n) is 6.88. The van der Waals surface area contributed by atoms with Crippen LogP contribution in [0.1, 0.15) is 22.5 Å². The lowest BCUT2D eigenvalue weighted by atomic mass is 10.0. The van der Waals surface area contributed by atoms with Crippen molar-refractivity contribution in [1.82, 2.24) is 0 Å². The van der Waals surface area contributed by atoms with Crippen LogP contribution in [0.15, 0.2) is 51.9 Å². The van der Waals surface area contributed by atoms with E-state index < -0.39 is 0 Å². The fraction of sp³-hybridized carbons (Fsp3) is 0.167. The molecule has 1 aliphatic rings. The molecule has 0 amide bonds. The lowest BCUT2D eigenvalue weighted by Gasteiger charge is -2.04. The second-order valence-electron chi connectivity index (χ2n) is 5.41. The number of fused-ring (bicyclic) bond motifs is 2. The van der Waals surface area contributed by atoms with Crippen LogP contribution in [-0.4, -0.2) is 5.71 Å². The molecule has 2 nitrogen and oxygen atoms in total. The van der Waals surface area contributed by atoms with Gasteiger partial charge in [0.25, 0.3) is 0 Å². The first-order valence-corrected chi connectivity index (χ1v) is 6.88. The van der Waals surface area contributed by atoms with E-state index >= 15 is 0 Å². The molecule has 0 saturated carbocycles. The summed E-state index contributed by atoms with van der Waals surface area (Å²) >= 11 is 0. The standard InChI is InChI=1S/C18H15NO/c1-11-7-8-12(2)18-14(11)10-15(19-18)17-9-13-5-3-4-6-16(13)20-17/h3-9H,10H2,1-2H3. The Kier molecular flexibility index (Phi) is 2.34. The predicted molar refractivity (Wildman–Crippen MR) is 82.0 cm³/mol. The van der Waals surface area contributed by atoms with Crippen LogP contribution in [0, 0.1) is 13.8 Å². The smallest absolute Gasteiger partial charge is 0.149 e. The van der Waals surface area contributed by atoms with Gasteiger partial charge in [0, 0.05) is 11.8 Å². The van der Waals surface area contributed by atoms with Gasteiger partial charge in [0.2, 0.25) is 0 Å². The monoisotopic (exact) mass is 261 g/mol. The van der Waals surface area contributed by atoms with Crippen LogP contribution in [-0.2, 0) is 6.42 Å². The molecule has 0 unspecified atom stereocenters. The summed E-state index contributed by atoms with van der Waals surface area (Å²) < 4.78 is 5.93. The molecule has 0 saturated heterocycles. The van der Waals surface area contributed by atoms with Crippen LogP contribution in [0.3, 0.4) is 0 Å². The molecule has 0 fully saturated rings. The van der Waals surface area contributed by atoms with E-state index in [4.69, 9.17) is 9.41 Å². The minimum Gasteiger partial charge on any atom is -0.455 e. The highest BCUT2D eigenvalue weighted by Crippen LogP contribution is 2.35. The number of furan rings is 1. The average molecular weight is 261 g/mol. The molecule has 1 aromatic heterocycles. The minimum absolute atomic E-state index is 0.864. The van der Waals surface area contributed by atoms with E-state index in [2.05, 4.69) is 38.1 Å². The van der Waals surface area contributed by atoms with Crippen LogP contribution in [0.5, 0.6) is 0 Å². The molecule has 1 aliphatic heterocycles. The van der Waals surface area contributed by atoms with Gasteiger partial charge in [-0.3, -0.25) is 0 Å². The Balaban J connectivity index is 1.84. The molecule has 0 bridgehead atoms. The van der Waals surface area contributed by atoms with Gasteiger partial charge in [-0.25, -0.2) is 4.99 Å². The summed E-state index contributed by atoms with van der Waals surface area (Å²) in [4.78, 5) is 4.80. The zero-order valence-electron chi connectivity index (χ0n) is 11.6. The van der Waals surface area contributed by atoms with Gasteiger partial charge in [-0.2, -0.15) is 0 Å². The largest absolute Gasteiger partial charge is 0.455 e. The Labute approximate surface area is 117 Å². The van der Waals surface area contributed by atoms with Crippen molar-refractivity contribution in [2.45, 2.75) is 20.3 Å². The summed E-state index contributed by atoms with van der Waals surface area (Å²) in [5.74, 6) is 0.890. The fourth-order valence-electron chi connectivity index (χ4n) is 2.84. The Morgan fingerprint density at radius 1 is 1.00 bits per heavy atom. The van der Waals surface area contributed by atoms with Gasteiger partial charge in [-0.1, -0.05) is 30.3 Å². The number of aliphatic imine (C=N–C) groups is 1. The third-order valence-electron chi connectivity index (χ3n) is 4.02. The number of nitrogens with zero attached hydrogens (tertiary/aromatic N) is 1. The Morgan fingerprint density at radius 2 is 1.80 bits per heavy atom. The Bertz CT molecular complexity index is 822. The van der Waals surface area contributed by atoms with Crippen molar-refractivity contribution < 1.29 is 4.42 Å². The number of benzene rings is 2. The Morgan fingerprint density at radius 3 is 2.60 bits per heavy atom. The van der Waals surface area contributed by atoms with Gasteiger partial charge in [-0.05, 0) is 42.7 Å². The highest BCUT2D eigenvalue weighted by molar-refractivity contribution is 6.07. The van der Waals surface area contributed by atoms with Crippen molar-refractivity contribution in [3.8, 4) is 0 Å². The van der Waals surface area contributed by atoms with E-state index in [-0.39, 0.29) is 0 Å². The molecule has 0 radical (unpaired) electrons. The summed E-state index contributed by atoms with van der Waals surface area (Å²) in [6, 6.07) is 14.5. The topological polar surface area (TPSA) is 25.5 Å². The maximum Gasteiger partial charge on any atom is 0.149 e. The van der Waals surface area contributed by atoms with Crippen molar-refractivity contribution >= 4 is 22.4 Å². The van der Waals surface area contributed by atoms with Crippen LogP contribution >= 0.6 is 0 Å². The first kappa shape index (κ1) is 11.5. The molecule has 0 spiro atoms. The summed E-state index contributed by atoms with van der Waals surface area (Å²) in [7, 11) is 0.